The van der Waals surface area contributed by atoms with Crippen molar-refractivity contribution in [1.29, 1.82) is 0 Å². The fourth-order valence-corrected chi connectivity index (χ4v) is 3.97. The van der Waals surface area contributed by atoms with Crippen molar-refractivity contribution in [2.24, 2.45) is 0 Å². The third-order valence-corrected chi connectivity index (χ3v) is 5.62. The van der Waals surface area contributed by atoms with E-state index < -0.39 is 0 Å². The second-order valence-electron chi connectivity index (χ2n) is 6.48. The van der Waals surface area contributed by atoms with Gasteiger partial charge in [-0.15, -0.1) is 0 Å². The number of aryl methyl sites for hydroxylation is 1. The predicted octanol–water partition coefficient (Wildman–Crippen LogP) is 4.22. The molecule has 1 aliphatic heterocycles. The number of anilines is 3. The minimum absolute atomic E-state index is 0.761. The molecule has 0 unspecified atom stereocenters. The van der Waals surface area contributed by atoms with Crippen molar-refractivity contribution in [3.05, 3.63) is 42.6 Å². The molecule has 0 radical (unpaired) electrons. The van der Waals surface area contributed by atoms with Gasteiger partial charge in [0.05, 0.1) is 4.88 Å². The molecule has 1 N–H and O–H groups in total. The lowest BCUT2D eigenvalue weighted by Crippen LogP contribution is -2.46. The van der Waals surface area contributed by atoms with Gasteiger partial charge in [0.25, 0.3) is 0 Å². The minimum atomic E-state index is 0.761. The Balaban J connectivity index is 0.00000117. The van der Waals surface area contributed by atoms with Crippen LogP contribution in [0, 0.1) is 6.92 Å². The van der Waals surface area contributed by atoms with Crippen LogP contribution in [0.5, 0.6) is 0 Å². The highest BCUT2D eigenvalue weighted by atomic mass is 32.1. The number of nitrogens with one attached hydrogen (secondary N) is 1. The van der Waals surface area contributed by atoms with Crippen LogP contribution in [0.1, 0.15) is 26.6 Å². The summed E-state index contributed by atoms with van der Waals surface area (Å²) >= 11 is 1.59. The Labute approximate surface area is 176 Å². The highest BCUT2D eigenvalue weighted by Crippen LogP contribution is 2.30. The van der Waals surface area contributed by atoms with Crippen LogP contribution >= 0.6 is 11.3 Å². The van der Waals surface area contributed by atoms with Gasteiger partial charge >= 0.3 is 0 Å². The average molecular weight is 412 g/mol. The van der Waals surface area contributed by atoms with E-state index in [4.69, 9.17) is 0 Å². The van der Waals surface area contributed by atoms with Crippen molar-refractivity contribution >= 4 is 28.1 Å². The third-order valence-electron chi connectivity index (χ3n) is 4.65. The Morgan fingerprint density at radius 3 is 2.59 bits per heavy atom. The summed E-state index contributed by atoms with van der Waals surface area (Å²) in [5, 5.41) is 4.15. The molecule has 7 nitrogen and oxygen atoms in total. The molecule has 0 aromatic carbocycles. The summed E-state index contributed by atoms with van der Waals surface area (Å²) in [4.78, 5) is 23.7. The van der Waals surface area contributed by atoms with Gasteiger partial charge in [0.2, 0.25) is 0 Å². The Kier molecular flexibility index (Phi) is 7.48. The van der Waals surface area contributed by atoms with Gasteiger partial charge in [-0.25, -0.2) is 15.0 Å². The van der Waals surface area contributed by atoms with Gasteiger partial charge in [-0.2, -0.15) is 0 Å². The van der Waals surface area contributed by atoms with Gasteiger partial charge in [0.15, 0.2) is 5.13 Å². The Morgan fingerprint density at radius 2 is 1.90 bits per heavy atom. The van der Waals surface area contributed by atoms with Crippen LogP contribution in [0.25, 0.3) is 10.4 Å². The molecule has 4 heterocycles. The zero-order valence-corrected chi connectivity index (χ0v) is 18.4. The molecular formula is C21H29N7S. The number of rotatable bonds is 5. The summed E-state index contributed by atoms with van der Waals surface area (Å²) in [5.74, 6) is 2.52. The van der Waals surface area contributed by atoms with Crippen molar-refractivity contribution in [3.63, 3.8) is 0 Å². The van der Waals surface area contributed by atoms with E-state index in [0.717, 1.165) is 65.8 Å². The Hall–Kier alpha value is -2.58. The van der Waals surface area contributed by atoms with E-state index in [1.165, 1.54) is 0 Å². The lowest BCUT2D eigenvalue weighted by atomic mass is 10.3. The molecule has 8 heteroatoms. The molecule has 1 aliphatic rings. The quantitative estimate of drug-likeness (QED) is 0.674. The van der Waals surface area contributed by atoms with Gasteiger partial charge in [0.1, 0.15) is 17.5 Å². The number of hydrogen-bond acceptors (Lipinski definition) is 8. The summed E-state index contributed by atoms with van der Waals surface area (Å²) in [7, 11) is 0. The van der Waals surface area contributed by atoms with Crippen molar-refractivity contribution in [2.45, 2.75) is 27.7 Å². The Bertz CT molecular complexity index is 889. The number of likely N-dealkylation sites (N-methyl/N-ethyl adjacent to an activating group) is 1. The molecule has 0 saturated carbocycles. The monoisotopic (exact) mass is 411 g/mol. The van der Waals surface area contributed by atoms with Gasteiger partial charge in [-0.05, 0) is 19.5 Å². The maximum atomic E-state index is 4.63. The number of nitrogens with zero attached hydrogens (tertiary/aromatic N) is 6. The fourth-order valence-electron chi connectivity index (χ4n) is 3.15. The molecule has 0 aliphatic carbocycles. The summed E-state index contributed by atoms with van der Waals surface area (Å²) in [5.41, 5.74) is 1.07. The topological polar surface area (TPSA) is 70.1 Å². The summed E-state index contributed by atoms with van der Waals surface area (Å²) in [6, 6.07) is 5.98. The van der Waals surface area contributed by atoms with Crippen molar-refractivity contribution in [1.82, 2.24) is 24.8 Å². The third kappa shape index (κ3) is 5.48. The normalized spacial score (nSPS) is 14.3. The van der Waals surface area contributed by atoms with Crippen LogP contribution in [0.3, 0.4) is 0 Å². The van der Waals surface area contributed by atoms with Gasteiger partial charge in [0, 0.05) is 56.4 Å². The first kappa shape index (κ1) is 21.1. The predicted molar refractivity (Wildman–Crippen MR) is 121 cm³/mol. The fraction of sp³-hybridized carbons (Fsp3) is 0.429. The van der Waals surface area contributed by atoms with Crippen molar-refractivity contribution in [3.8, 4) is 10.4 Å². The standard InChI is InChI=1S/C19H23N7S.C2H6/c1-3-25-7-9-26(10-8-25)18-11-17(22-14(2)23-18)24-19-21-13-16(27-19)15-5-4-6-20-12-15;1-2/h4-6,11-13H,3,7-10H2,1-2H3,(H,21,22,23,24);1-2H3. The van der Waals surface area contributed by atoms with Crippen LogP contribution in [-0.2, 0) is 0 Å². The second-order valence-corrected chi connectivity index (χ2v) is 7.51. The van der Waals surface area contributed by atoms with E-state index in [1.807, 2.05) is 51.4 Å². The van der Waals surface area contributed by atoms with Crippen LogP contribution in [0.4, 0.5) is 16.8 Å². The molecule has 154 valence electrons. The zero-order chi connectivity index (χ0) is 20.6. The van der Waals surface area contributed by atoms with Gasteiger partial charge in [-0.1, -0.05) is 38.2 Å². The molecule has 1 fully saturated rings. The second kappa shape index (κ2) is 10.3. The first-order chi connectivity index (χ1) is 14.2. The van der Waals surface area contributed by atoms with E-state index in [9.17, 15) is 0 Å². The van der Waals surface area contributed by atoms with Crippen LogP contribution < -0.4 is 10.2 Å². The highest BCUT2D eigenvalue weighted by Gasteiger charge is 2.18. The molecule has 0 amide bonds. The van der Waals surface area contributed by atoms with E-state index in [1.54, 1.807) is 17.5 Å². The maximum absolute atomic E-state index is 4.63. The summed E-state index contributed by atoms with van der Waals surface area (Å²) in [6.45, 7) is 13.4. The summed E-state index contributed by atoms with van der Waals surface area (Å²) < 4.78 is 0. The van der Waals surface area contributed by atoms with E-state index in [-0.39, 0.29) is 0 Å². The molecule has 4 rings (SSSR count). The lowest BCUT2D eigenvalue weighted by Gasteiger charge is -2.34. The highest BCUT2D eigenvalue weighted by molar-refractivity contribution is 7.18. The number of piperazine rings is 1. The molecule has 0 spiro atoms. The smallest absolute Gasteiger partial charge is 0.188 e. The van der Waals surface area contributed by atoms with Crippen LogP contribution in [-0.4, -0.2) is 57.6 Å². The molecule has 29 heavy (non-hydrogen) atoms. The maximum Gasteiger partial charge on any atom is 0.188 e. The number of hydrogen-bond donors (Lipinski definition) is 1. The van der Waals surface area contributed by atoms with Crippen LogP contribution in [0.2, 0.25) is 0 Å². The van der Waals surface area contributed by atoms with Crippen molar-refractivity contribution in [2.75, 3.05) is 42.9 Å². The number of aromatic nitrogens is 4. The first-order valence-corrected chi connectivity index (χ1v) is 11.0. The van der Waals surface area contributed by atoms with E-state index in [2.05, 4.69) is 42.0 Å². The number of pyridine rings is 1. The van der Waals surface area contributed by atoms with Gasteiger partial charge < -0.3 is 15.1 Å². The lowest BCUT2D eigenvalue weighted by molar-refractivity contribution is 0.270. The zero-order valence-electron chi connectivity index (χ0n) is 17.6. The Morgan fingerprint density at radius 1 is 1.10 bits per heavy atom. The molecule has 3 aromatic rings. The molecule has 1 saturated heterocycles. The van der Waals surface area contributed by atoms with Crippen molar-refractivity contribution < 1.29 is 0 Å². The average Bonchev–Trinajstić information content (AvgIpc) is 3.24. The first-order valence-electron chi connectivity index (χ1n) is 10.2. The van der Waals surface area contributed by atoms with Crippen LogP contribution in [0.15, 0.2) is 36.8 Å². The molecule has 0 atom stereocenters. The number of thiazole rings is 1. The van der Waals surface area contributed by atoms with E-state index in [0.29, 0.717) is 0 Å². The minimum Gasteiger partial charge on any atom is -0.354 e. The molecular weight excluding hydrogens is 382 g/mol. The molecule has 0 bridgehead atoms. The largest absolute Gasteiger partial charge is 0.354 e. The molecule has 3 aromatic heterocycles. The van der Waals surface area contributed by atoms with Gasteiger partial charge in [-0.3, -0.25) is 4.98 Å². The SMILES string of the molecule is CC.CCN1CCN(c2cc(Nc3ncc(-c4cccnc4)s3)nc(C)n2)CC1. The van der Waals surface area contributed by atoms with E-state index >= 15 is 0 Å². The summed E-state index contributed by atoms with van der Waals surface area (Å²) in [6.07, 6.45) is 5.48.